The fourth-order valence-corrected chi connectivity index (χ4v) is 2.42. The molecule has 1 aromatic carbocycles. The molecule has 0 saturated carbocycles. The van der Waals surface area contributed by atoms with Crippen LogP contribution in [0, 0.1) is 17.2 Å². The maximum atomic E-state index is 8.94. The summed E-state index contributed by atoms with van der Waals surface area (Å²) >= 11 is 0. The Hall–Kier alpha value is -1.57. The second-order valence-electron chi connectivity index (χ2n) is 5.02. The normalized spacial score (nSPS) is 15.6. The van der Waals surface area contributed by atoms with Crippen LogP contribution < -0.4 is 10.5 Å². The minimum absolute atomic E-state index is 0.0269. The van der Waals surface area contributed by atoms with Crippen LogP contribution in [0.5, 0.6) is 5.75 Å². The first kappa shape index (κ1) is 15.5. The molecule has 0 aliphatic heterocycles. The van der Waals surface area contributed by atoms with Crippen LogP contribution in [-0.4, -0.2) is 31.6 Å². The Balaban J connectivity index is 3.04. The van der Waals surface area contributed by atoms with Crippen molar-refractivity contribution >= 4 is 0 Å². The van der Waals surface area contributed by atoms with Gasteiger partial charge in [0.15, 0.2) is 0 Å². The third-order valence-corrected chi connectivity index (χ3v) is 3.21. The van der Waals surface area contributed by atoms with E-state index >= 15 is 0 Å². The Morgan fingerprint density at radius 3 is 2.53 bits per heavy atom. The SMILES string of the molecule is COc1ccccc1C(C(C)N)N(C)CC(C)C#N. The number of nitrogens with two attached hydrogens (primary N) is 1. The molecule has 0 heterocycles. The van der Waals surface area contributed by atoms with Crippen LogP contribution in [0.15, 0.2) is 24.3 Å². The van der Waals surface area contributed by atoms with Crippen molar-refractivity contribution in [3.8, 4) is 11.8 Å². The van der Waals surface area contributed by atoms with Crippen molar-refractivity contribution in [2.45, 2.75) is 25.9 Å². The molecule has 2 N–H and O–H groups in total. The Morgan fingerprint density at radius 2 is 2.00 bits per heavy atom. The van der Waals surface area contributed by atoms with Gasteiger partial charge in [0, 0.05) is 18.2 Å². The summed E-state index contributed by atoms with van der Waals surface area (Å²) in [6.07, 6.45) is 0. The van der Waals surface area contributed by atoms with Gasteiger partial charge < -0.3 is 10.5 Å². The fraction of sp³-hybridized carbons (Fsp3) is 0.533. The van der Waals surface area contributed by atoms with Crippen molar-refractivity contribution < 1.29 is 4.74 Å². The van der Waals surface area contributed by atoms with E-state index in [4.69, 9.17) is 15.7 Å². The summed E-state index contributed by atoms with van der Waals surface area (Å²) in [5.41, 5.74) is 7.19. The van der Waals surface area contributed by atoms with Crippen molar-refractivity contribution in [1.82, 2.24) is 4.90 Å². The van der Waals surface area contributed by atoms with E-state index in [1.54, 1.807) is 7.11 Å². The smallest absolute Gasteiger partial charge is 0.123 e. The molecule has 0 aliphatic rings. The van der Waals surface area contributed by atoms with Crippen LogP contribution in [0.4, 0.5) is 0 Å². The molecule has 0 fully saturated rings. The third kappa shape index (κ3) is 3.95. The summed E-state index contributed by atoms with van der Waals surface area (Å²) in [5, 5.41) is 8.94. The average molecular weight is 261 g/mol. The van der Waals surface area contributed by atoms with Gasteiger partial charge in [-0.1, -0.05) is 18.2 Å². The summed E-state index contributed by atoms with van der Waals surface area (Å²) < 4.78 is 5.41. The number of ether oxygens (including phenoxy) is 1. The van der Waals surface area contributed by atoms with Crippen LogP contribution in [0.3, 0.4) is 0 Å². The van der Waals surface area contributed by atoms with Crippen molar-refractivity contribution in [3.63, 3.8) is 0 Å². The lowest BCUT2D eigenvalue weighted by Gasteiger charge is -2.33. The quantitative estimate of drug-likeness (QED) is 0.852. The van der Waals surface area contributed by atoms with Gasteiger partial charge in [-0.05, 0) is 27.0 Å². The zero-order chi connectivity index (χ0) is 14.4. The van der Waals surface area contributed by atoms with Gasteiger partial charge in [-0.25, -0.2) is 0 Å². The van der Waals surface area contributed by atoms with Gasteiger partial charge in [0.2, 0.25) is 0 Å². The minimum Gasteiger partial charge on any atom is -0.496 e. The molecule has 0 aliphatic carbocycles. The molecule has 0 spiro atoms. The number of nitriles is 1. The first-order valence-electron chi connectivity index (χ1n) is 6.49. The Labute approximate surface area is 115 Å². The number of benzene rings is 1. The summed E-state index contributed by atoms with van der Waals surface area (Å²) in [6, 6.07) is 10.1. The van der Waals surface area contributed by atoms with Gasteiger partial charge in [0.05, 0.1) is 25.1 Å². The number of nitrogens with zero attached hydrogens (tertiary/aromatic N) is 2. The van der Waals surface area contributed by atoms with Crippen LogP contribution in [0.25, 0.3) is 0 Å². The van der Waals surface area contributed by atoms with Gasteiger partial charge in [-0.15, -0.1) is 0 Å². The lowest BCUT2D eigenvalue weighted by molar-refractivity contribution is 0.201. The van der Waals surface area contributed by atoms with E-state index in [-0.39, 0.29) is 18.0 Å². The Bertz CT molecular complexity index is 439. The number of para-hydroxylation sites is 1. The Morgan fingerprint density at radius 1 is 1.37 bits per heavy atom. The molecule has 0 aromatic heterocycles. The zero-order valence-electron chi connectivity index (χ0n) is 12.1. The molecule has 0 radical (unpaired) electrons. The van der Waals surface area contributed by atoms with Gasteiger partial charge in [0.25, 0.3) is 0 Å². The molecule has 4 nitrogen and oxygen atoms in total. The topological polar surface area (TPSA) is 62.3 Å². The van der Waals surface area contributed by atoms with Crippen molar-refractivity contribution in [2.75, 3.05) is 20.7 Å². The molecular formula is C15H23N3O. The van der Waals surface area contributed by atoms with E-state index in [0.717, 1.165) is 11.3 Å². The molecule has 3 atom stereocenters. The average Bonchev–Trinajstić information content (AvgIpc) is 2.38. The van der Waals surface area contributed by atoms with Crippen LogP contribution in [0.2, 0.25) is 0 Å². The summed E-state index contributed by atoms with van der Waals surface area (Å²) in [7, 11) is 3.66. The van der Waals surface area contributed by atoms with Crippen LogP contribution in [-0.2, 0) is 0 Å². The minimum atomic E-state index is -0.0489. The molecular weight excluding hydrogens is 238 g/mol. The van der Waals surface area contributed by atoms with E-state index in [0.29, 0.717) is 6.54 Å². The molecule has 3 unspecified atom stereocenters. The predicted molar refractivity (Wildman–Crippen MR) is 76.8 cm³/mol. The zero-order valence-corrected chi connectivity index (χ0v) is 12.1. The van der Waals surface area contributed by atoms with Crippen LogP contribution in [0.1, 0.15) is 25.5 Å². The number of rotatable bonds is 6. The highest BCUT2D eigenvalue weighted by molar-refractivity contribution is 5.36. The van der Waals surface area contributed by atoms with Crippen molar-refractivity contribution in [3.05, 3.63) is 29.8 Å². The highest BCUT2D eigenvalue weighted by atomic mass is 16.5. The summed E-state index contributed by atoms with van der Waals surface area (Å²) in [4.78, 5) is 2.12. The highest BCUT2D eigenvalue weighted by Crippen LogP contribution is 2.30. The molecule has 0 amide bonds. The summed E-state index contributed by atoms with van der Waals surface area (Å²) in [5.74, 6) is 0.808. The standard InChI is InChI=1S/C15H23N3O/c1-11(9-16)10-18(3)15(12(2)17)13-7-5-6-8-14(13)19-4/h5-8,11-12,15H,10,17H2,1-4H3. The third-order valence-electron chi connectivity index (χ3n) is 3.21. The fourth-order valence-electron chi connectivity index (χ4n) is 2.42. The first-order valence-corrected chi connectivity index (χ1v) is 6.49. The molecule has 4 heteroatoms. The maximum Gasteiger partial charge on any atom is 0.123 e. The second-order valence-corrected chi connectivity index (χ2v) is 5.02. The first-order chi connectivity index (χ1) is 9.01. The van der Waals surface area contributed by atoms with E-state index < -0.39 is 0 Å². The molecule has 1 rings (SSSR count). The number of likely N-dealkylation sites (N-methyl/N-ethyl adjacent to an activating group) is 1. The second kappa shape index (κ2) is 7.13. The molecule has 0 saturated heterocycles. The van der Waals surface area contributed by atoms with Gasteiger partial charge >= 0.3 is 0 Å². The number of hydrogen-bond donors (Lipinski definition) is 1. The van der Waals surface area contributed by atoms with E-state index in [9.17, 15) is 0 Å². The Kier molecular flexibility index (Phi) is 5.81. The number of hydrogen-bond acceptors (Lipinski definition) is 4. The van der Waals surface area contributed by atoms with E-state index in [2.05, 4.69) is 11.0 Å². The largest absolute Gasteiger partial charge is 0.496 e. The highest BCUT2D eigenvalue weighted by Gasteiger charge is 2.25. The number of methoxy groups -OCH3 is 1. The van der Waals surface area contributed by atoms with Gasteiger partial charge in [-0.3, -0.25) is 4.90 Å². The monoisotopic (exact) mass is 261 g/mol. The van der Waals surface area contributed by atoms with E-state index in [1.165, 1.54) is 0 Å². The van der Waals surface area contributed by atoms with Crippen LogP contribution >= 0.6 is 0 Å². The molecule has 104 valence electrons. The molecule has 0 bridgehead atoms. The lowest BCUT2D eigenvalue weighted by atomic mass is 9.97. The van der Waals surface area contributed by atoms with Crippen molar-refractivity contribution in [1.29, 1.82) is 5.26 Å². The lowest BCUT2D eigenvalue weighted by Crippen LogP contribution is -2.39. The van der Waals surface area contributed by atoms with Crippen molar-refractivity contribution in [2.24, 2.45) is 11.7 Å². The molecule has 19 heavy (non-hydrogen) atoms. The van der Waals surface area contributed by atoms with Gasteiger partial charge in [-0.2, -0.15) is 5.26 Å². The maximum absolute atomic E-state index is 8.94. The van der Waals surface area contributed by atoms with Gasteiger partial charge in [0.1, 0.15) is 5.75 Å². The predicted octanol–water partition coefficient (Wildman–Crippen LogP) is 2.17. The molecule has 1 aromatic rings. The summed E-state index contributed by atoms with van der Waals surface area (Å²) in [6.45, 7) is 4.57. The van der Waals surface area contributed by atoms with E-state index in [1.807, 2.05) is 45.2 Å².